The number of carbonyl (C=O) groups excluding carboxylic acids is 2. The van der Waals surface area contributed by atoms with Gasteiger partial charge in [-0.1, -0.05) is 12.6 Å². The molecule has 0 aliphatic heterocycles. The van der Waals surface area contributed by atoms with Crippen molar-refractivity contribution in [3.63, 3.8) is 0 Å². The zero-order valence-corrected chi connectivity index (χ0v) is 12.9. The maximum Gasteiger partial charge on any atom is 0.333 e. The van der Waals surface area contributed by atoms with E-state index in [1.807, 2.05) is 6.92 Å². The number of phenolic OH excluding ortho intramolecular Hbond substituents is 1. The molecule has 2 amide bonds. The van der Waals surface area contributed by atoms with Gasteiger partial charge in [0.1, 0.15) is 5.75 Å². The predicted molar refractivity (Wildman–Crippen MR) is 84.9 cm³/mol. The zero-order valence-electron chi connectivity index (χ0n) is 12.9. The molecule has 0 aliphatic carbocycles. The highest BCUT2D eigenvalue weighted by atomic mass is 16.5. The number of esters is 1. The third-order valence-corrected chi connectivity index (χ3v) is 2.84. The molecule has 6 heteroatoms. The van der Waals surface area contributed by atoms with Gasteiger partial charge in [-0.2, -0.15) is 0 Å². The van der Waals surface area contributed by atoms with Crippen molar-refractivity contribution in [1.82, 2.24) is 5.32 Å². The molecule has 0 radical (unpaired) electrons. The molecule has 120 valence electrons. The number of nitrogens with one attached hydrogen (secondary N) is 2. The van der Waals surface area contributed by atoms with Crippen LogP contribution in [0.25, 0.3) is 0 Å². The van der Waals surface area contributed by atoms with Crippen molar-refractivity contribution in [3.05, 3.63) is 35.9 Å². The van der Waals surface area contributed by atoms with Crippen molar-refractivity contribution in [3.8, 4) is 5.75 Å². The average molecular weight is 306 g/mol. The molecule has 1 aromatic carbocycles. The van der Waals surface area contributed by atoms with Gasteiger partial charge in [0, 0.05) is 12.1 Å². The number of phenols is 1. The molecule has 0 bridgehead atoms. The molecule has 0 saturated carbocycles. The maximum atomic E-state index is 11.7. The lowest BCUT2D eigenvalue weighted by Crippen LogP contribution is -2.29. The van der Waals surface area contributed by atoms with Gasteiger partial charge in [-0.05, 0) is 44.4 Å². The van der Waals surface area contributed by atoms with Crippen molar-refractivity contribution >= 4 is 17.7 Å². The topological polar surface area (TPSA) is 87.7 Å². The summed E-state index contributed by atoms with van der Waals surface area (Å²) >= 11 is 0. The first-order valence-corrected chi connectivity index (χ1v) is 7.07. The number of amides is 2. The molecule has 0 aromatic heterocycles. The van der Waals surface area contributed by atoms with Crippen LogP contribution in [0.15, 0.2) is 30.4 Å². The van der Waals surface area contributed by atoms with Crippen LogP contribution < -0.4 is 10.6 Å². The Morgan fingerprint density at radius 2 is 2.05 bits per heavy atom. The number of aryl methyl sites for hydroxylation is 1. The second-order valence-corrected chi connectivity index (χ2v) is 5.02. The van der Waals surface area contributed by atoms with Gasteiger partial charge in [-0.15, -0.1) is 0 Å². The highest BCUT2D eigenvalue weighted by molar-refractivity contribution is 5.90. The van der Waals surface area contributed by atoms with Gasteiger partial charge in [0.25, 0.3) is 0 Å². The molecule has 6 nitrogen and oxygen atoms in total. The first-order valence-electron chi connectivity index (χ1n) is 7.07. The predicted octanol–water partition coefficient (Wildman–Crippen LogP) is 2.72. The first kappa shape index (κ1) is 17.6. The van der Waals surface area contributed by atoms with Crippen molar-refractivity contribution < 1.29 is 19.4 Å². The van der Waals surface area contributed by atoms with Gasteiger partial charge < -0.3 is 20.5 Å². The summed E-state index contributed by atoms with van der Waals surface area (Å²) in [7, 11) is 0. The molecule has 0 spiro atoms. The Bertz CT molecular complexity index is 555. The molecule has 0 heterocycles. The number of hydrogen-bond donors (Lipinski definition) is 3. The van der Waals surface area contributed by atoms with Crippen LogP contribution in [0.2, 0.25) is 0 Å². The van der Waals surface area contributed by atoms with Crippen molar-refractivity contribution in [1.29, 1.82) is 0 Å². The lowest BCUT2D eigenvalue weighted by Gasteiger charge is -2.10. The summed E-state index contributed by atoms with van der Waals surface area (Å²) < 4.78 is 4.94. The number of aromatic hydroxyl groups is 1. The lowest BCUT2D eigenvalue weighted by atomic mass is 10.2. The number of benzene rings is 1. The Morgan fingerprint density at radius 1 is 1.32 bits per heavy atom. The fourth-order valence-electron chi connectivity index (χ4n) is 1.63. The molecule has 0 aliphatic rings. The zero-order chi connectivity index (χ0) is 16.5. The highest BCUT2D eigenvalue weighted by Crippen LogP contribution is 2.23. The summed E-state index contributed by atoms with van der Waals surface area (Å²) in [5.41, 5.74) is 1.68. The Balaban J connectivity index is 2.20. The van der Waals surface area contributed by atoms with E-state index in [-0.39, 0.29) is 11.8 Å². The van der Waals surface area contributed by atoms with Gasteiger partial charge in [-0.3, -0.25) is 0 Å². The molecule has 0 saturated heterocycles. The summed E-state index contributed by atoms with van der Waals surface area (Å²) in [4.78, 5) is 22.8. The number of hydrogen-bond acceptors (Lipinski definition) is 4. The third-order valence-electron chi connectivity index (χ3n) is 2.84. The van der Waals surface area contributed by atoms with Crippen LogP contribution >= 0.6 is 0 Å². The van der Waals surface area contributed by atoms with E-state index in [0.29, 0.717) is 37.3 Å². The Morgan fingerprint density at radius 3 is 2.73 bits per heavy atom. The maximum absolute atomic E-state index is 11.7. The SMILES string of the molecule is C=C(C)C(=O)OCCCCNC(=O)Nc1cc(C)ccc1O. The number of urea groups is 1. The monoisotopic (exact) mass is 306 g/mol. The Hall–Kier alpha value is -2.50. The summed E-state index contributed by atoms with van der Waals surface area (Å²) in [6.07, 6.45) is 1.33. The minimum absolute atomic E-state index is 0.0208. The van der Waals surface area contributed by atoms with Gasteiger partial charge in [0.15, 0.2) is 0 Å². The van der Waals surface area contributed by atoms with Gasteiger partial charge in [-0.25, -0.2) is 9.59 Å². The average Bonchev–Trinajstić information content (AvgIpc) is 2.46. The second kappa shape index (κ2) is 8.71. The van der Waals surface area contributed by atoms with Gasteiger partial charge >= 0.3 is 12.0 Å². The van der Waals surface area contributed by atoms with Gasteiger partial charge in [0.05, 0.1) is 12.3 Å². The second-order valence-electron chi connectivity index (χ2n) is 5.02. The molecular weight excluding hydrogens is 284 g/mol. The van der Waals surface area contributed by atoms with E-state index in [2.05, 4.69) is 17.2 Å². The molecule has 0 unspecified atom stereocenters. The Labute approximate surface area is 130 Å². The molecule has 3 N–H and O–H groups in total. The molecular formula is C16H22N2O4. The fourth-order valence-corrected chi connectivity index (χ4v) is 1.63. The number of unbranched alkanes of at least 4 members (excludes halogenated alkanes) is 1. The molecule has 0 atom stereocenters. The quantitative estimate of drug-likeness (QED) is 0.313. The molecule has 22 heavy (non-hydrogen) atoms. The van der Waals surface area contributed by atoms with Crippen molar-refractivity contribution in [2.75, 3.05) is 18.5 Å². The van der Waals surface area contributed by atoms with E-state index in [1.165, 1.54) is 6.07 Å². The summed E-state index contributed by atoms with van der Waals surface area (Å²) in [6.45, 7) is 7.69. The van der Waals surface area contributed by atoms with Crippen LogP contribution in [0, 0.1) is 6.92 Å². The standard InChI is InChI=1S/C16H22N2O4/c1-11(2)15(20)22-9-5-4-8-17-16(21)18-13-10-12(3)6-7-14(13)19/h6-7,10,19H,1,4-5,8-9H2,2-3H3,(H2,17,18,21). The highest BCUT2D eigenvalue weighted by Gasteiger charge is 2.06. The van der Waals surface area contributed by atoms with E-state index in [4.69, 9.17) is 4.74 Å². The van der Waals surface area contributed by atoms with E-state index in [1.54, 1.807) is 19.1 Å². The Kier molecular flexibility index (Phi) is 6.95. The minimum Gasteiger partial charge on any atom is -0.506 e. The van der Waals surface area contributed by atoms with Crippen LogP contribution in [-0.2, 0) is 9.53 Å². The van der Waals surface area contributed by atoms with Crippen LogP contribution in [0.4, 0.5) is 10.5 Å². The van der Waals surface area contributed by atoms with E-state index >= 15 is 0 Å². The summed E-state index contributed by atoms with van der Waals surface area (Å²) in [5.74, 6) is -0.381. The van der Waals surface area contributed by atoms with Crippen LogP contribution in [-0.4, -0.2) is 30.3 Å². The molecule has 1 aromatic rings. The van der Waals surface area contributed by atoms with E-state index in [9.17, 15) is 14.7 Å². The molecule has 1 rings (SSSR count). The number of anilines is 1. The van der Waals surface area contributed by atoms with E-state index in [0.717, 1.165) is 5.56 Å². The number of rotatable bonds is 7. The largest absolute Gasteiger partial charge is 0.506 e. The third kappa shape index (κ3) is 6.30. The van der Waals surface area contributed by atoms with Crippen LogP contribution in [0.3, 0.4) is 0 Å². The molecule has 0 fully saturated rings. The first-order chi connectivity index (χ1) is 10.4. The minimum atomic E-state index is -0.402. The van der Waals surface area contributed by atoms with Crippen LogP contribution in [0.5, 0.6) is 5.75 Å². The van der Waals surface area contributed by atoms with Gasteiger partial charge in [0.2, 0.25) is 0 Å². The summed E-state index contributed by atoms with van der Waals surface area (Å²) in [5, 5.41) is 14.9. The van der Waals surface area contributed by atoms with Crippen molar-refractivity contribution in [2.24, 2.45) is 0 Å². The fraction of sp³-hybridized carbons (Fsp3) is 0.375. The summed E-state index contributed by atoms with van der Waals surface area (Å²) in [6, 6.07) is 4.58. The van der Waals surface area contributed by atoms with Crippen molar-refractivity contribution in [2.45, 2.75) is 26.7 Å². The smallest absolute Gasteiger partial charge is 0.333 e. The number of ether oxygens (including phenoxy) is 1. The van der Waals surface area contributed by atoms with Crippen LogP contribution in [0.1, 0.15) is 25.3 Å². The number of carbonyl (C=O) groups is 2. The normalized spacial score (nSPS) is 9.91. The van der Waals surface area contributed by atoms with E-state index < -0.39 is 5.97 Å². The lowest BCUT2D eigenvalue weighted by molar-refractivity contribution is -0.139.